The molecule has 0 saturated heterocycles. The van der Waals surface area contributed by atoms with Crippen LogP contribution in [0.25, 0.3) is 0 Å². The lowest BCUT2D eigenvalue weighted by Crippen LogP contribution is -2.30. The Kier molecular flexibility index (Phi) is 7.41. The predicted molar refractivity (Wildman–Crippen MR) is 109 cm³/mol. The fraction of sp³-hybridized carbons (Fsp3) is 0.316. The van der Waals surface area contributed by atoms with Crippen LogP contribution in [0.5, 0.6) is 5.75 Å². The van der Waals surface area contributed by atoms with Crippen LogP contribution < -0.4 is 5.32 Å². The first-order valence-corrected chi connectivity index (χ1v) is 10.9. The molecule has 2 aromatic carbocycles. The molecule has 2 N–H and O–H groups in total. The second-order valence-electron chi connectivity index (χ2n) is 5.91. The van der Waals surface area contributed by atoms with Crippen molar-refractivity contribution in [2.24, 2.45) is 0 Å². The number of phenolic OH excluding ortho intramolecular Hbond substituents is 1. The molecular weight excluding hydrogens is 432 g/mol. The second kappa shape index (κ2) is 9.34. The molecule has 0 aliphatic carbocycles. The van der Waals surface area contributed by atoms with Crippen molar-refractivity contribution in [2.45, 2.75) is 31.6 Å². The number of halogens is 1. The van der Waals surface area contributed by atoms with Crippen LogP contribution in [-0.4, -0.2) is 36.8 Å². The Morgan fingerprint density at radius 2 is 1.81 bits per heavy atom. The number of rotatable bonds is 8. The third kappa shape index (κ3) is 5.31. The van der Waals surface area contributed by atoms with E-state index >= 15 is 0 Å². The SMILES string of the molecule is CCN(CC)S(=O)(=O)c1ccc(O)c(NC(=O)CCc2ccccc2Br)c1. The zero-order chi connectivity index (χ0) is 20.0. The number of aryl methyl sites for hydroxylation is 1. The number of carbonyl (C=O) groups is 1. The highest BCUT2D eigenvalue weighted by molar-refractivity contribution is 9.10. The van der Waals surface area contributed by atoms with E-state index in [2.05, 4.69) is 21.2 Å². The van der Waals surface area contributed by atoms with Gasteiger partial charge in [-0.15, -0.1) is 0 Å². The van der Waals surface area contributed by atoms with Crippen molar-refractivity contribution in [2.75, 3.05) is 18.4 Å². The summed E-state index contributed by atoms with van der Waals surface area (Å²) in [5.74, 6) is -0.485. The van der Waals surface area contributed by atoms with Gasteiger partial charge < -0.3 is 10.4 Å². The molecular formula is C19H23BrN2O4S. The van der Waals surface area contributed by atoms with Crippen molar-refractivity contribution in [3.63, 3.8) is 0 Å². The van der Waals surface area contributed by atoms with E-state index < -0.39 is 10.0 Å². The molecule has 0 atom stereocenters. The molecule has 1 amide bonds. The molecule has 0 aliphatic rings. The molecule has 0 unspecified atom stereocenters. The molecule has 2 rings (SSSR count). The lowest BCUT2D eigenvalue weighted by Gasteiger charge is -2.19. The van der Waals surface area contributed by atoms with E-state index in [0.717, 1.165) is 10.0 Å². The summed E-state index contributed by atoms with van der Waals surface area (Å²) in [6.45, 7) is 4.19. The standard InChI is InChI=1S/C19H23BrN2O4S/c1-3-22(4-2)27(25,26)15-10-11-18(23)17(13-15)21-19(24)12-9-14-7-5-6-8-16(14)20/h5-8,10-11,13,23H,3-4,9,12H2,1-2H3,(H,21,24). The van der Waals surface area contributed by atoms with Crippen LogP contribution in [0.1, 0.15) is 25.8 Å². The van der Waals surface area contributed by atoms with E-state index in [1.165, 1.54) is 22.5 Å². The summed E-state index contributed by atoms with van der Waals surface area (Å²) < 4.78 is 27.5. The Labute approximate surface area is 168 Å². The normalized spacial score (nSPS) is 11.6. The second-order valence-corrected chi connectivity index (χ2v) is 8.70. The van der Waals surface area contributed by atoms with Gasteiger partial charge in [0.2, 0.25) is 15.9 Å². The van der Waals surface area contributed by atoms with Gasteiger partial charge in [-0.25, -0.2) is 8.42 Å². The largest absolute Gasteiger partial charge is 0.506 e. The average Bonchev–Trinajstić information content (AvgIpc) is 2.63. The Morgan fingerprint density at radius 3 is 2.44 bits per heavy atom. The highest BCUT2D eigenvalue weighted by atomic mass is 79.9. The highest BCUT2D eigenvalue weighted by Gasteiger charge is 2.23. The Balaban J connectivity index is 2.14. The summed E-state index contributed by atoms with van der Waals surface area (Å²) in [6.07, 6.45) is 0.723. The summed E-state index contributed by atoms with van der Waals surface area (Å²) in [5, 5.41) is 12.6. The van der Waals surface area contributed by atoms with Crippen LogP contribution in [0.3, 0.4) is 0 Å². The summed E-state index contributed by atoms with van der Waals surface area (Å²) in [5.41, 5.74) is 1.08. The maximum absolute atomic E-state index is 12.6. The van der Waals surface area contributed by atoms with E-state index in [4.69, 9.17) is 0 Å². The minimum absolute atomic E-state index is 0.0325. The number of carbonyl (C=O) groups excluding carboxylic acids is 1. The van der Waals surface area contributed by atoms with E-state index in [1.807, 2.05) is 24.3 Å². The molecule has 0 heterocycles. The number of nitrogens with one attached hydrogen (secondary N) is 1. The van der Waals surface area contributed by atoms with Gasteiger partial charge in [0.05, 0.1) is 10.6 Å². The van der Waals surface area contributed by atoms with Gasteiger partial charge in [0.15, 0.2) is 0 Å². The minimum Gasteiger partial charge on any atom is -0.506 e. The molecule has 0 bridgehead atoms. The molecule has 8 heteroatoms. The van der Waals surface area contributed by atoms with Gasteiger partial charge in [0.1, 0.15) is 5.75 Å². The van der Waals surface area contributed by atoms with Gasteiger partial charge in [-0.1, -0.05) is 48.0 Å². The van der Waals surface area contributed by atoms with Gasteiger partial charge in [0, 0.05) is 24.0 Å². The van der Waals surface area contributed by atoms with Crippen LogP contribution in [-0.2, 0) is 21.2 Å². The van der Waals surface area contributed by atoms with Crippen molar-refractivity contribution < 1.29 is 18.3 Å². The fourth-order valence-corrected chi connectivity index (χ4v) is 4.62. The summed E-state index contributed by atoms with van der Waals surface area (Å²) in [6, 6.07) is 11.5. The summed E-state index contributed by atoms with van der Waals surface area (Å²) >= 11 is 3.44. The number of hydrogen-bond donors (Lipinski definition) is 2. The number of phenols is 1. The van der Waals surface area contributed by atoms with Crippen LogP contribution in [0, 0.1) is 0 Å². The minimum atomic E-state index is -3.67. The van der Waals surface area contributed by atoms with E-state index in [1.54, 1.807) is 13.8 Å². The third-order valence-corrected chi connectivity index (χ3v) is 6.98. The van der Waals surface area contributed by atoms with Gasteiger partial charge in [-0.3, -0.25) is 4.79 Å². The molecule has 0 fully saturated rings. The number of sulfonamides is 1. The fourth-order valence-electron chi connectivity index (χ4n) is 2.65. The van der Waals surface area contributed by atoms with Crippen LogP contribution >= 0.6 is 15.9 Å². The zero-order valence-corrected chi connectivity index (χ0v) is 17.7. The molecule has 27 heavy (non-hydrogen) atoms. The lowest BCUT2D eigenvalue weighted by molar-refractivity contribution is -0.116. The topological polar surface area (TPSA) is 86.7 Å². The monoisotopic (exact) mass is 454 g/mol. The van der Waals surface area contributed by atoms with Gasteiger partial charge in [-0.2, -0.15) is 4.31 Å². The smallest absolute Gasteiger partial charge is 0.243 e. The van der Waals surface area contributed by atoms with Crippen molar-refractivity contribution in [1.29, 1.82) is 0 Å². The zero-order valence-electron chi connectivity index (χ0n) is 15.3. The summed E-state index contributed by atoms with van der Waals surface area (Å²) in [4.78, 5) is 12.3. The molecule has 2 aromatic rings. The van der Waals surface area contributed by atoms with Crippen molar-refractivity contribution in [3.05, 3.63) is 52.5 Å². The van der Waals surface area contributed by atoms with Crippen LogP contribution in [0.2, 0.25) is 0 Å². The molecule has 6 nitrogen and oxygen atoms in total. The lowest BCUT2D eigenvalue weighted by atomic mass is 10.1. The van der Waals surface area contributed by atoms with E-state index in [9.17, 15) is 18.3 Å². The first-order valence-electron chi connectivity index (χ1n) is 8.66. The molecule has 0 radical (unpaired) electrons. The van der Waals surface area contributed by atoms with Gasteiger partial charge in [-0.05, 0) is 36.2 Å². The molecule has 0 aliphatic heterocycles. The number of hydrogen-bond acceptors (Lipinski definition) is 4. The van der Waals surface area contributed by atoms with Crippen molar-refractivity contribution in [3.8, 4) is 5.75 Å². The number of amides is 1. The number of anilines is 1. The molecule has 0 spiro atoms. The Morgan fingerprint density at radius 1 is 1.15 bits per heavy atom. The number of aromatic hydroxyl groups is 1. The molecule has 0 aromatic heterocycles. The number of nitrogens with zero attached hydrogens (tertiary/aromatic N) is 1. The first-order chi connectivity index (χ1) is 12.8. The van der Waals surface area contributed by atoms with Gasteiger partial charge in [0.25, 0.3) is 0 Å². The Bertz CT molecular complexity index is 912. The maximum atomic E-state index is 12.6. The Hall–Kier alpha value is -1.90. The quantitative estimate of drug-likeness (QED) is 0.594. The highest BCUT2D eigenvalue weighted by Crippen LogP contribution is 2.28. The maximum Gasteiger partial charge on any atom is 0.243 e. The van der Waals surface area contributed by atoms with E-state index in [0.29, 0.717) is 19.5 Å². The van der Waals surface area contributed by atoms with E-state index in [-0.39, 0.29) is 28.7 Å². The molecule has 0 saturated carbocycles. The van der Waals surface area contributed by atoms with Crippen LogP contribution in [0.15, 0.2) is 51.8 Å². The van der Waals surface area contributed by atoms with Crippen LogP contribution in [0.4, 0.5) is 5.69 Å². The third-order valence-electron chi connectivity index (χ3n) is 4.16. The van der Waals surface area contributed by atoms with Crippen molar-refractivity contribution >= 4 is 37.5 Å². The first kappa shape index (κ1) is 21.4. The van der Waals surface area contributed by atoms with Gasteiger partial charge >= 0.3 is 0 Å². The average molecular weight is 455 g/mol. The number of benzene rings is 2. The molecule has 146 valence electrons. The van der Waals surface area contributed by atoms with Crippen molar-refractivity contribution in [1.82, 2.24) is 4.31 Å². The summed E-state index contributed by atoms with van der Waals surface area (Å²) in [7, 11) is -3.67. The predicted octanol–water partition coefficient (Wildman–Crippen LogP) is 3.76.